The molecule has 2 amide bonds. The first-order valence-electron chi connectivity index (χ1n) is 10.8. The van der Waals surface area contributed by atoms with E-state index in [1.165, 1.54) is 20.3 Å². The van der Waals surface area contributed by atoms with E-state index >= 15 is 0 Å². The summed E-state index contributed by atoms with van der Waals surface area (Å²) >= 11 is 0. The Labute approximate surface area is 193 Å². The van der Waals surface area contributed by atoms with Gasteiger partial charge in [0.05, 0.1) is 49.7 Å². The van der Waals surface area contributed by atoms with Crippen LogP contribution in [0, 0.1) is 17.5 Å². The normalized spacial score (nSPS) is 23.8. The molecule has 34 heavy (non-hydrogen) atoms. The Kier molecular flexibility index (Phi) is 5.34. The SMILES string of the molecule is C[C@H]1Cn2ncc(N3CC4CCC(=O)N4CS3(=O)=O)c2CN1C(=O)Cc1cc(F)c(F)c(F)c1. The molecule has 3 aliphatic rings. The molecular formula is C21H22F3N5O4S. The van der Waals surface area contributed by atoms with Gasteiger partial charge >= 0.3 is 0 Å². The van der Waals surface area contributed by atoms with E-state index in [2.05, 4.69) is 5.10 Å². The molecule has 0 aliphatic carbocycles. The van der Waals surface area contributed by atoms with E-state index in [0.717, 1.165) is 12.1 Å². The van der Waals surface area contributed by atoms with Crippen LogP contribution in [0.2, 0.25) is 0 Å². The lowest BCUT2D eigenvalue weighted by molar-refractivity contribution is -0.134. The number of aromatic nitrogens is 2. The molecule has 2 aromatic rings. The standard InChI is InChI=1S/C21H22F3N5O4S/c1-12-8-28-18(10-26(12)20(31)6-13-4-15(22)21(24)16(23)5-13)17(7-25-28)29-9-14-2-3-19(30)27(14)11-34(29,32)33/h4-5,7,12,14H,2-3,6,8-11H2,1H3/t12-,14?/m0/s1. The van der Waals surface area contributed by atoms with Crippen molar-refractivity contribution in [3.8, 4) is 0 Å². The third-order valence-corrected chi connectivity index (χ3v) is 8.29. The molecule has 0 radical (unpaired) electrons. The van der Waals surface area contributed by atoms with Crippen molar-refractivity contribution in [2.24, 2.45) is 0 Å². The molecule has 3 aliphatic heterocycles. The highest BCUT2D eigenvalue weighted by Gasteiger charge is 2.44. The Bertz CT molecular complexity index is 1270. The molecule has 1 unspecified atom stereocenters. The minimum absolute atomic E-state index is 0.00231. The maximum absolute atomic E-state index is 13.6. The fraction of sp³-hybridized carbons (Fsp3) is 0.476. The fourth-order valence-corrected chi connectivity index (χ4v) is 6.57. The van der Waals surface area contributed by atoms with Crippen LogP contribution in [0.25, 0.3) is 0 Å². The summed E-state index contributed by atoms with van der Waals surface area (Å²) in [6.45, 7) is 2.24. The van der Waals surface area contributed by atoms with E-state index in [-0.39, 0.29) is 43.1 Å². The molecule has 13 heteroatoms. The topological polar surface area (TPSA) is 95.8 Å². The van der Waals surface area contributed by atoms with Gasteiger partial charge in [-0.25, -0.2) is 21.6 Å². The van der Waals surface area contributed by atoms with Crippen molar-refractivity contribution >= 4 is 27.5 Å². The van der Waals surface area contributed by atoms with Crippen molar-refractivity contribution in [3.63, 3.8) is 0 Å². The summed E-state index contributed by atoms with van der Waals surface area (Å²) in [7, 11) is -3.82. The van der Waals surface area contributed by atoms with Crippen molar-refractivity contribution in [1.29, 1.82) is 0 Å². The monoisotopic (exact) mass is 497 g/mol. The van der Waals surface area contributed by atoms with Gasteiger partial charge in [-0.15, -0.1) is 0 Å². The van der Waals surface area contributed by atoms with Crippen LogP contribution < -0.4 is 4.31 Å². The Balaban J connectivity index is 1.40. The Morgan fingerprint density at radius 1 is 1.18 bits per heavy atom. The number of amides is 2. The van der Waals surface area contributed by atoms with Crippen LogP contribution >= 0.6 is 0 Å². The molecule has 5 rings (SSSR count). The number of benzene rings is 1. The highest BCUT2D eigenvalue weighted by atomic mass is 32.2. The van der Waals surface area contributed by atoms with Crippen molar-refractivity contribution < 1.29 is 31.2 Å². The first kappa shape index (κ1) is 22.7. The van der Waals surface area contributed by atoms with E-state index in [4.69, 9.17) is 0 Å². The summed E-state index contributed by atoms with van der Waals surface area (Å²) in [6.07, 6.45) is 1.99. The number of carbonyl (C=O) groups excluding carboxylic acids is 2. The minimum atomic E-state index is -3.82. The number of hydrogen-bond donors (Lipinski definition) is 0. The zero-order valence-electron chi connectivity index (χ0n) is 18.2. The molecule has 4 heterocycles. The second kappa shape index (κ2) is 8.00. The Morgan fingerprint density at radius 3 is 2.59 bits per heavy atom. The number of fused-ring (bicyclic) bond motifs is 2. The molecule has 9 nitrogen and oxygen atoms in total. The van der Waals surface area contributed by atoms with E-state index in [9.17, 15) is 31.2 Å². The van der Waals surface area contributed by atoms with E-state index in [1.54, 1.807) is 11.6 Å². The summed E-state index contributed by atoms with van der Waals surface area (Å²) in [5.41, 5.74) is 0.865. The van der Waals surface area contributed by atoms with Gasteiger partial charge in [-0.05, 0) is 31.0 Å². The first-order chi connectivity index (χ1) is 16.0. The van der Waals surface area contributed by atoms with Gasteiger partial charge in [-0.1, -0.05) is 0 Å². The van der Waals surface area contributed by atoms with Crippen molar-refractivity contribution in [1.82, 2.24) is 19.6 Å². The Hall–Kier alpha value is -3.09. The van der Waals surface area contributed by atoms with E-state index < -0.39 is 39.3 Å². The number of nitrogens with zero attached hydrogens (tertiary/aromatic N) is 5. The van der Waals surface area contributed by atoms with Crippen LogP contribution in [0.15, 0.2) is 18.3 Å². The summed E-state index contributed by atoms with van der Waals surface area (Å²) in [5, 5.41) is 4.31. The highest BCUT2D eigenvalue weighted by Crippen LogP contribution is 2.34. The lowest BCUT2D eigenvalue weighted by atomic mass is 10.1. The van der Waals surface area contributed by atoms with Gasteiger partial charge in [0.2, 0.25) is 11.8 Å². The lowest BCUT2D eigenvalue weighted by Gasteiger charge is -2.39. The minimum Gasteiger partial charge on any atom is -0.332 e. The highest BCUT2D eigenvalue weighted by molar-refractivity contribution is 7.92. The quantitative estimate of drug-likeness (QED) is 0.597. The zero-order valence-corrected chi connectivity index (χ0v) is 19.1. The van der Waals surface area contributed by atoms with Gasteiger partial charge in [-0.3, -0.25) is 18.6 Å². The molecule has 1 aromatic carbocycles. The second-order valence-electron chi connectivity index (χ2n) is 8.91. The molecule has 0 saturated carbocycles. The van der Waals surface area contributed by atoms with Crippen LogP contribution in [-0.2, 0) is 39.1 Å². The van der Waals surface area contributed by atoms with Crippen LogP contribution in [-0.4, -0.2) is 64.3 Å². The predicted octanol–water partition coefficient (Wildman–Crippen LogP) is 1.37. The van der Waals surface area contributed by atoms with Crippen LogP contribution in [0.3, 0.4) is 0 Å². The van der Waals surface area contributed by atoms with Gasteiger partial charge in [0.15, 0.2) is 17.5 Å². The van der Waals surface area contributed by atoms with Gasteiger partial charge in [0.1, 0.15) is 5.88 Å². The Morgan fingerprint density at radius 2 is 1.88 bits per heavy atom. The summed E-state index contributed by atoms with van der Waals surface area (Å²) in [4.78, 5) is 27.9. The third kappa shape index (κ3) is 3.71. The first-order valence-corrected chi connectivity index (χ1v) is 12.4. The molecule has 2 fully saturated rings. The van der Waals surface area contributed by atoms with Crippen LogP contribution in [0.4, 0.5) is 18.9 Å². The molecule has 0 N–H and O–H groups in total. The van der Waals surface area contributed by atoms with Crippen molar-refractivity contribution in [2.45, 2.75) is 51.4 Å². The second-order valence-corrected chi connectivity index (χ2v) is 10.8. The maximum atomic E-state index is 13.6. The number of anilines is 1. The van der Waals surface area contributed by atoms with E-state index in [0.29, 0.717) is 30.8 Å². The summed E-state index contributed by atoms with van der Waals surface area (Å²) in [6, 6.07) is 1.05. The van der Waals surface area contributed by atoms with Gasteiger partial charge in [0.25, 0.3) is 10.0 Å². The predicted molar refractivity (Wildman–Crippen MR) is 113 cm³/mol. The molecule has 0 spiro atoms. The van der Waals surface area contributed by atoms with Crippen LogP contribution in [0.1, 0.15) is 31.0 Å². The number of hydrogen-bond acceptors (Lipinski definition) is 5. The lowest BCUT2D eigenvalue weighted by Crippen LogP contribution is -2.55. The van der Waals surface area contributed by atoms with Gasteiger partial charge in [-0.2, -0.15) is 5.10 Å². The largest absolute Gasteiger partial charge is 0.332 e. The maximum Gasteiger partial charge on any atom is 0.253 e. The zero-order chi connectivity index (χ0) is 24.4. The molecular weight excluding hydrogens is 475 g/mol. The molecule has 2 atom stereocenters. The summed E-state index contributed by atoms with van der Waals surface area (Å²) < 4.78 is 69.3. The summed E-state index contributed by atoms with van der Waals surface area (Å²) in [5.74, 6) is -5.35. The molecule has 2 saturated heterocycles. The number of sulfonamides is 1. The van der Waals surface area contributed by atoms with Crippen molar-refractivity contribution in [2.75, 3.05) is 16.7 Å². The molecule has 0 bridgehead atoms. The third-order valence-electron chi connectivity index (χ3n) is 6.67. The average Bonchev–Trinajstić information content (AvgIpc) is 3.32. The van der Waals surface area contributed by atoms with Gasteiger partial charge < -0.3 is 9.80 Å². The molecule has 1 aromatic heterocycles. The van der Waals surface area contributed by atoms with Gasteiger partial charge in [0, 0.05) is 12.5 Å². The number of carbonyl (C=O) groups is 2. The average molecular weight is 497 g/mol. The van der Waals surface area contributed by atoms with E-state index in [1.807, 2.05) is 0 Å². The number of halogens is 3. The molecule has 182 valence electrons. The fourth-order valence-electron chi connectivity index (χ4n) is 4.87. The number of rotatable bonds is 3. The smallest absolute Gasteiger partial charge is 0.253 e. The van der Waals surface area contributed by atoms with Crippen molar-refractivity contribution in [3.05, 3.63) is 47.0 Å². The van der Waals surface area contributed by atoms with Crippen LogP contribution in [0.5, 0.6) is 0 Å².